The molecule has 0 bridgehead atoms. The average molecular weight is 374 g/mol. The molecule has 0 aliphatic carbocycles. The third-order valence-corrected chi connectivity index (χ3v) is 6.00. The Morgan fingerprint density at radius 3 is 2.92 bits per heavy atom. The van der Waals surface area contributed by atoms with Crippen molar-refractivity contribution in [3.05, 3.63) is 55.9 Å². The number of benzene rings is 1. The van der Waals surface area contributed by atoms with Crippen molar-refractivity contribution in [2.24, 2.45) is 0 Å². The summed E-state index contributed by atoms with van der Waals surface area (Å²) in [5.41, 5.74) is 1.20. The van der Waals surface area contributed by atoms with E-state index in [-0.39, 0.29) is 11.5 Å². The van der Waals surface area contributed by atoms with Crippen molar-refractivity contribution in [1.82, 2.24) is 9.55 Å². The first-order valence-corrected chi connectivity index (χ1v) is 9.34. The largest absolute Gasteiger partial charge is 0.320 e. The second kappa shape index (κ2) is 6.28. The third-order valence-electron chi connectivity index (χ3n) is 4.49. The molecule has 5 nitrogen and oxygen atoms in total. The fraction of sp³-hybridized carbons (Fsp3) is 0.278. The fourth-order valence-electron chi connectivity index (χ4n) is 3.19. The second-order valence-corrected chi connectivity index (χ2v) is 7.52. The van der Waals surface area contributed by atoms with Gasteiger partial charge in [-0.2, -0.15) is 0 Å². The van der Waals surface area contributed by atoms with Crippen LogP contribution in [-0.2, 0) is 13.0 Å². The fourth-order valence-corrected chi connectivity index (χ4v) is 4.46. The SMILES string of the molecule is Cc1c(C(=O)Nc2ccccc2Cl)sc2nc3n(c(=O)c12)CCCC3. The number of hydrogen-bond donors (Lipinski definition) is 1. The molecule has 0 unspecified atom stereocenters. The predicted molar refractivity (Wildman–Crippen MR) is 101 cm³/mol. The molecule has 0 fully saturated rings. The van der Waals surface area contributed by atoms with Gasteiger partial charge < -0.3 is 5.32 Å². The first-order valence-electron chi connectivity index (χ1n) is 8.15. The molecule has 2 aromatic heterocycles. The van der Waals surface area contributed by atoms with Crippen LogP contribution >= 0.6 is 22.9 Å². The number of hydrogen-bond acceptors (Lipinski definition) is 4. The zero-order chi connectivity index (χ0) is 17.6. The Kier molecular flexibility index (Phi) is 4.09. The molecule has 1 amide bonds. The summed E-state index contributed by atoms with van der Waals surface area (Å²) in [4.78, 5) is 31.3. The Morgan fingerprint density at radius 2 is 2.12 bits per heavy atom. The van der Waals surface area contributed by atoms with Gasteiger partial charge in [0.2, 0.25) is 0 Å². The molecule has 0 spiro atoms. The molecule has 128 valence electrons. The molecule has 0 saturated heterocycles. The lowest BCUT2D eigenvalue weighted by Gasteiger charge is -2.16. The minimum Gasteiger partial charge on any atom is -0.320 e. The smallest absolute Gasteiger partial charge is 0.266 e. The van der Waals surface area contributed by atoms with E-state index in [2.05, 4.69) is 10.3 Å². The number of anilines is 1. The Hall–Kier alpha value is -2.18. The minimum absolute atomic E-state index is 0.0368. The van der Waals surface area contributed by atoms with Crippen molar-refractivity contribution in [2.75, 3.05) is 5.32 Å². The van der Waals surface area contributed by atoms with Crippen molar-refractivity contribution >= 4 is 44.7 Å². The van der Waals surface area contributed by atoms with E-state index in [1.165, 1.54) is 11.3 Å². The van der Waals surface area contributed by atoms with Crippen LogP contribution in [0.3, 0.4) is 0 Å². The molecule has 1 aliphatic heterocycles. The number of nitrogens with one attached hydrogen (secondary N) is 1. The van der Waals surface area contributed by atoms with Gasteiger partial charge in [-0.15, -0.1) is 11.3 Å². The van der Waals surface area contributed by atoms with Gasteiger partial charge in [0.1, 0.15) is 10.7 Å². The number of amides is 1. The number of aryl methyl sites for hydroxylation is 2. The third kappa shape index (κ3) is 2.75. The lowest BCUT2D eigenvalue weighted by molar-refractivity contribution is 0.103. The Labute approximate surface area is 153 Å². The summed E-state index contributed by atoms with van der Waals surface area (Å²) < 4.78 is 1.75. The summed E-state index contributed by atoms with van der Waals surface area (Å²) in [6.45, 7) is 2.51. The van der Waals surface area contributed by atoms with Gasteiger partial charge in [0, 0.05) is 13.0 Å². The summed E-state index contributed by atoms with van der Waals surface area (Å²) in [6, 6.07) is 7.07. The highest BCUT2D eigenvalue weighted by Crippen LogP contribution is 2.30. The van der Waals surface area contributed by atoms with E-state index in [1.807, 2.05) is 0 Å². The van der Waals surface area contributed by atoms with Gasteiger partial charge in [-0.1, -0.05) is 23.7 Å². The number of carbonyl (C=O) groups excluding carboxylic acids is 1. The maximum atomic E-state index is 12.8. The lowest BCUT2D eigenvalue weighted by atomic mass is 10.1. The number of fused-ring (bicyclic) bond motifs is 2. The Balaban J connectivity index is 1.79. The molecule has 0 radical (unpaired) electrons. The van der Waals surface area contributed by atoms with E-state index < -0.39 is 0 Å². The van der Waals surface area contributed by atoms with E-state index in [9.17, 15) is 9.59 Å². The van der Waals surface area contributed by atoms with E-state index in [0.717, 1.165) is 25.1 Å². The highest BCUT2D eigenvalue weighted by atomic mass is 35.5. The number of thiophene rings is 1. The number of halogens is 1. The molecule has 3 aromatic rings. The zero-order valence-electron chi connectivity index (χ0n) is 13.6. The van der Waals surface area contributed by atoms with E-state index in [1.54, 1.807) is 35.8 Å². The van der Waals surface area contributed by atoms with Gasteiger partial charge in [-0.3, -0.25) is 14.2 Å². The molecular weight excluding hydrogens is 358 g/mol. The molecule has 4 rings (SSSR count). The molecule has 25 heavy (non-hydrogen) atoms. The summed E-state index contributed by atoms with van der Waals surface area (Å²) in [5, 5.41) is 3.85. The quantitative estimate of drug-likeness (QED) is 0.738. The molecule has 1 N–H and O–H groups in total. The van der Waals surface area contributed by atoms with E-state index in [0.29, 0.717) is 37.9 Å². The summed E-state index contributed by atoms with van der Waals surface area (Å²) in [7, 11) is 0. The van der Waals surface area contributed by atoms with Crippen LogP contribution in [0.2, 0.25) is 5.02 Å². The van der Waals surface area contributed by atoms with Crippen LogP contribution in [0.5, 0.6) is 0 Å². The van der Waals surface area contributed by atoms with Crippen molar-refractivity contribution in [2.45, 2.75) is 32.7 Å². The van der Waals surface area contributed by atoms with Crippen LogP contribution < -0.4 is 10.9 Å². The molecule has 0 atom stereocenters. The van der Waals surface area contributed by atoms with Crippen LogP contribution in [0, 0.1) is 6.92 Å². The summed E-state index contributed by atoms with van der Waals surface area (Å²) >= 11 is 7.37. The summed E-state index contributed by atoms with van der Waals surface area (Å²) in [6.07, 6.45) is 2.84. The monoisotopic (exact) mass is 373 g/mol. The van der Waals surface area contributed by atoms with Gasteiger partial charge in [0.25, 0.3) is 11.5 Å². The number of nitrogens with zero attached hydrogens (tertiary/aromatic N) is 2. The highest BCUT2D eigenvalue weighted by Gasteiger charge is 2.22. The number of aromatic nitrogens is 2. The molecule has 7 heteroatoms. The standard InChI is InChI=1S/C18H16ClN3O2S/c1-10-14-17(21-13-8-4-5-9-22(13)18(14)24)25-15(10)16(23)20-12-7-3-2-6-11(12)19/h2-3,6-7H,4-5,8-9H2,1H3,(H,20,23). The van der Waals surface area contributed by atoms with Gasteiger partial charge in [0.05, 0.1) is 21.0 Å². The van der Waals surface area contributed by atoms with Gasteiger partial charge in [-0.05, 0) is 37.5 Å². The summed E-state index contributed by atoms with van der Waals surface area (Å²) in [5.74, 6) is 0.555. The normalized spacial score (nSPS) is 13.7. The molecule has 1 aliphatic rings. The van der Waals surface area contributed by atoms with Crippen LogP contribution in [0.1, 0.15) is 33.9 Å². The maximum absolute atomic E-state index is 12.8. The topological polar surface area (TPSA) is 64.0 Å². The Bertz CT molecular complexity index is 1050. The maximum Gasteiger partial charge on any atom is 0.266 e. The minimum atomic E-state index is -0.268. The Morgan fingerprint density at radius 1 is 1.32 bits per heavy atom. The predicted octanol–water partition coefficient (Wildman–Crippen LogP) is 4.01. The zero-order valence-corrected chi connectivity index (χ0v) is 15.2. The van der Waals surface area contributed by atoms with E-state index in [4.69, 9.17) is 11.6 Å². The van der Waals surface area contributed by atoms with Crippen molar-refractivity contribution < 1.29 is 4.79 Å². The molecule has 3 heterocycles. The van der Waals surface area contributed by atoms with Crippen molar-refractivity contribution in [3.63, 3.8) is 0 Å². The number of carbonyl (C=O) groups is 1. The molecule has 0 saturated carbocycles. The molecule has 1 aromatic carbocycles. The second-order valence-electron chi connectivity index (χ2n) is 6.11. The van der Waals surface area contributed by atoms with Gasteiger partial charge >= 0.3 is 0 Å². The van der Waals surface area contributed by atoms with Gasteiger partial charge in [-0.25, -0.2) is 4.98 Å². The van der Waals surface area contributed by atoms with Crippen molar-refractivity contribution in [1.29, 1.82) is 0 Å². The first kappa shape index (κ1) is 16.3. The van der Waals surface area contributed by atoms with Crippen LogP contribution in [-0.4, -0.2) is 15.5 Å². The number of para-hydroxylation sites is 1. The molecular formula is C18H16ClN3O2S. The highest BCUT2D eigenvalue weighted by molar-refractivity contribution is 7.20. The average Bonchev–Trinajstić information content (AvgIpc) is 2.94. The van der Waals surface area contributed by atoms with E-state index >= 15 is 0 Å². The van der Waals surface area contributed by atoms with Crippen LogP contribution in [0.25, 0.3) is 10.2 Å². The van der Waals surface area contributed by atoms with Gasteiger partial charge in [0.15, 0.2) is 0 Å². The lowest BCUT2D eigenvalue weighted by Crippen LogP contribution is -2.28. The first-order chi connectivity index (χ1) is 12.1. The van der Waals surface area contributed by atoms with Crippen molar-refractivity contribution in [3.8, 4) is 0 Å². The van der Waals surface area contributed by atoms with Crippen LogP contribution in [0.4, 0.5) is 5.69 Å². The number of rotatable bonds is 2. The van der Waals surface area contributed by atoms with Crippen LogP contribution in [0.15, 0.2) is 29.1 Å².